The van der Waals surface area contributed by atoms with Crippen LogP contribution in [0.15, 0.2) is 24.3 Å². The van der Waals surface area contributed by atoms with Crippen molar-refractivity contribution in [2.75, 3.05) is 17.3 Å². The van der Waals surface area contributed by atoms with E-state index >= 15 is 0 Å². The van der Waals surface area contributed by atoms with E-state index < -0.39 is 9.84 Å². The van der Waals surface area contributed by atoms with Crippen LogP contribution in [0.4, 0.5) is 0 Å². The van der Waals surface area contributed by atoms with E-state index in [0.717, 1.165) is 18.2 Å². The van der Waals surface area contributed by atoms with Crippen LogP contribution < -0.4 is 0 Å². The van der Waals surface area contributed by atoms with Crippen molar-refractivity contribution in [3.8, 4) is 0 Å². The molecule has 4 heteroatoms. The number of rotatable bonds is 6. The molecule has 1 unspecified atom stereocenters. The Balaban J connectivity index is 2.57. The lowest BCUT2D eigenvalue weighted by molar-refractivity contribution is 0.592. The molecule has 0 aliphatic carbocycles. The van der Waals surface area contributed by atoms with Crippen molar-refractivity contribution in [2.24, 2.45) is 0 Å². The van der Waals surface area contributed by atoms with Gasteiger partial charge in [-0.05, 0) is 31.2 Å². The third kappa shape index (κ3) is 5.68. The van der Waals surface area contributed by atoms with Crippen LogP contribution in [-0.2, 0) is 9.84 Å². The minimum atomic E-state index is -2.83. The first kappa shape index (κ1) is 14.7. The SMILES string of the molecule is Cc1ccc(C(CBr)CCCS(C)(=O)=O)cc1. The van der Waals surface area contributed by atoms with Crippen molar-refractivity contribution < 1.29 is 8.42 Å². The van der Waals surface area contributed by atoms with Gasteiger partial charge in [-0.25, -0.2) is 8.42 Å². The average Bonchev–Trinajstić information content (AvgIpc) is 2.24. The van der Waals surface area contributed by atoms with E-state index in [0.29, 0.717) is 5.92 Å². The van der Waals surface area contributed by atoms with Gasteiger partial charge in [0.25, 0.3) is 0 Å². The molecule has 2 nitrogen and oxygen atoms in total. The molecule has 0 fully saturated rings. The topological polar surface area (TPSA) is 34.1 Å². The van der Waals surface area contributed by atoms with Crippen molar-refractivity contribution in [3.05, 3.63) is 35.4 Å². The van der Waals surface area contributed by atoms with E-state index in [-0.39, 0.29) is 5.75 Å². The highest BCUT2D eigenvalue weighted by molar-refractivity contribution is 9.09. The standard InChI is InChI=1S/C13H19BrO2S/c1-11-5-7-12(8-6-11)13(10-14)4-3-9-17(2,15)16/h5-8,13H,3-4,9-10H2,1-2H3. The maximum atomic E-state index is 11.1. The Morgan fingerprint density at radius 2 is 1.82 bits per heavy atom. The molecule has 0 aliphatic heterocycles. The number of hydrogen-bond acceptors (Lipinski definition) is 2. The van der Waals surface area contributed by atoms with Crippen molar-refractivity contribution in [2.45, 2.75) is 25.7 Å². The average molecular weight is 319 g/mol. The van der Waals surface area contributed by atoms with Crippen LogP contribution in [0.3, 0.4) is 0 Å². The molecule has 17 heavy (non-hydrogen) atoms. The molecule has 0 spiro atoms. The Morgan fingerprint density at radius 3 is 2.29 bits per heavy atom. The van der Waals surface area contributed by atoms with Gasteiger partial charge in [-0.1, -0.05) is 45.8 Å². The third-order valence-electron chi connectivity index (χ3n) is 2.80. The van der Waals surface area contributed by atoms with E-state index in [1.165, 1.54) is 17.4 Å². The predicted octanol–water partition coefficient (Wildman–Crippen LogP) is 3.30. The van der Waals surface area contributed by atoms with Crippen molar-refractivity contribution >= 4 is 25.8 Å². The Morgan fingerprint density at radius 1 is 1.24 bits per heavy atom. The molecule has 1 rings (SSSR count). The first-order chi connectivity index (χ1) is 7.92. The van der Waals surface area contributed by atoms with Crippen LogP contribution in [0, 0.1) is 6.92 Å². The molecule has 0 aromatic heterocycles. The second-order valence-electron chi connectivity index (χ2n) is 4.53. The fourth-order valence-corrected chi connectivity index (χ4v) is 3.15. The van der Waals surface area contributed by atoms with Crippen molar-refractivity contribution in [3.63, 3.8) is 0 Å². The first-order valence-corrected chi connectivity index (χ1v) is 8.91. The van der Waals surface area contributed by atoms with Gasteiger partial charge in [0.1, 0.15) is 9.84 Å². The van der Waals surface area contributed by atoms with Gasteiger partial charge in [-0.2, -0.15) is 0 Å². The molecule has 0 bridgehead atoms. The quantitative estimate of drug-likeness (QED) is 0.754. The van der Waals surface area contributed by atoms with Gasteiger partial charge in [0, 0.05) is 17.3 Å². The largest absolute Gasteiger partial charge is 0.229 e. The molecule has 96 valence electrons. The van der Waals surface area contributed by atoms with Gasteiger partial charge in [0.05, 0.1) is 0 Å². The zero-order valence-electron chi connectivity index (χ0n) is 10.3. The number of sulfone groups is 1. The van der Waals surface area contributed by atoms with Crippen LogP contribution in [0.5, 0.6) is 0 Å². The smallest absolute Gasteiger partial charge is 0.147 e. The molecule has 0 saturated heterocycles. The summed E-state index contributed by atoms with van der Waals surface area (Å²) in [7, 11) is -2.83. The third-order valence-corrected chi connectivity index (χ3v) is 4.61. The zero-order chi connectivity index (χ0) is 12.9. The first-order valence-electron chi connectivity index (χ1n) is 5.72. The Kier molecular flexibility index (Phi) is 5.67. The monoisotopic (exact) mass is 318 g/mol. The van der Waals surface area contributed by atoms with E-state index in [2.05, 4.69) is 47.1 Å². The molecule has 0 saturated carbocycles. The van der Waals surface area contributed by atoms with Crippen molar-refractivity contribution in [1.29, 1.82) is 0 Å². The summed E-state index contributed by atoms with van der Waals surface area (Å²) in [5.74, 6) is 0.680. The molecule has 1 aromatic rings. The van der Waals surface area contributed by atoms with Crippen LogP contribution in [-0.4, -0.2) is 25.8 Å². The van der Waals surface area contributed by atoms with Crippen molar-refractivity contribution in [1.82, 2.24) is 0 Å². The lowest BCUT2D eigenvalue weighted by Gasteiger charge is -2.14. The summed E-state index contributed by atoms with van der Waals surface area (Å²) in [6, 6.07) is 8.45. The van der Waals surface area contributed by atoms with Gasteiger partial charge < -0.3 is 0 Å². The van der Waals surface area contributed by atoms with Gasteiger partial charge in [-0.15, -0.1) is 0 Å². The summed E-state index contributed by atoms with van der Waals surface area (Å²) in [5, 5.41) is 0.875. The molecule has 0 radical (unpaired) electrons. The van der Waals surface area contributed by atoms with Crippen LogP contribution in [0.2, 0.25) is 0 Å². The number of alkyl halides is 1. The Bertz CT molecular complexity index is 437. The molecule has 0 amide bonds. The predicted molar refractivity (Wildman–Crippen MR) is 76.7 cm³/mol. The fourth-order valence-electron chi connectivity index (χ4n) is 1.76. The molecular formula is C13H19BrO2S. The minimum absolute atomic E-state index is 0.280. The van der Waals surface area contributed by atoms with Gasteiger partial charge >= 0.3 is 0 Å². The summed E-state index contributed by atoms with van der Waals surface area (Å²) in [6.07, 6.45) is 2.92. The van der Waals surface area contributed by atoms with Gasteiger partial charge in [-0.3, -0.25) is 0 Å². The molecule has 0 aliphatic rings. The number of halogens is 1. The highest BCUT2D eigenvalue weighted by Crippen LogP contribution is 2.24. The maximum Gasteiger partial charge on any atom is 0.147 e. The van der Waals surface area contributed by atoms with E-state index in [4.69, 9.17) is 0 Å². The van der Waals surface area contributed by atoms with Crippen LogP contribution in [0.25, 0.3) is 0 Å². The molecular weight excluding hydrogens is 300 g/mol. The summed E-state index contributed by atoms with van der Waals surface area (Å²) < 4.78 is 22.1. The van der Waals surface area contributed by atoms with E-state index in [1.54, 1.807) is 0 Å². The lowest BCUT2D eigenvalue weighted by Crippen LogP contribution is -2.07. The van der Waals surface area contributed by atoms with Crippen LogP contribution >= 0.6 is 15.9 Å². The number of hydrogen-bond donors (Lipinski definition) is 0. The fraction of sp³-hybridized carbons (Fsp3) is 0.538. The highest BCUT2D eigenvalue weighted by atomic mass is 79.9. The summed E-state index contributed by atoms with van der Waals surface area (Å²) in [6.45, 7) is 2.07. The molecule has 0 heterocycles. The number of aryl methyl sites for hydroxylation is 1. The molecule has 1 aromatic carbocycles. The molecule has 1 atom stereocenters. The summed E-state index contributed by atoms with van der Waals surface area (Å²) >= 11 is 3.50. The summed E-state index contributed by atoms with van der Waals surface area (Å²) in [4.78, 5) is 0. The lowest BCUT2D eigenvalue weighted by atomic mass is 9.96. The second-order valence-corrected chi connectivity index (χ2v) is 7.44. The molecule has 0 N–H and O–H groups in total. The van der Waals surface area contributed by atoms with E-state index in [9.17, 15) is 8.42 Å². The van der Waals surface area contributed by atoms with Gasteiger partial charge in [0.15, 0.2) is 0 Å². The Hall–Kier alpha value is -0.350. The summed E-state index contributed by atoms with van der Waals surface area (Å²) in [5.41, 5.74) is 2.53. The normalized spacial score (nSPS) is 13.6. The van der Waals surface area contributed by atoms with Gasteiger partial charge in [0.2, 0.25) is 0 Å². The minimum Gasteiger partial charge on any atom is -0.229 e. The Labute approximate surface area is 112 Å². The maximum absolute atomic E-state index is 11.1. The number of benzene rings is 1. The second kappa shape index (κ2) is 6.55. The van der Waals surface area contributed by atoms with Crippen LogP contribution in [0.1, 0.15) is 29.9 Å². The van der Waals surface area contributed by atoms with E-state index in [1.807, 2.05) is 0 Å². The highest BCUT2D eigenvalue weighted by Gasteiger charge is 2.11. The zero-order valence-corrected chi connectivity index (χ0v) is 12.7.